The number of benzene rings is 1. The summed E-state index contributed by atoms with van der Waals surface area (Å²) < 4.78 is 1.73. The van der Waals surface area contributed by atoms with E-state index in [0.29, 0.717) is 5.56 Å². The zero-order valence-corrected chi connectivity index (χ0v) is 13.5. The van der Waals surface area contributed by atoms with Crippen LogP contribution in [0.4, 0.5) is 11.4 Å². The van der Waals surface area contributed by atoms with Crippen LogP contribution in [0.2, 0.25) is 0 Å². The van der Waals surface area contributed by atoms with E-state index in [9.17, 15) is 4.79 Å². The van der Waals surface area contributed by atoms with E-state index in [1.165, 1.54) is 12.1 Å². The molecule has 0 bridgehead atoms. The average molecular weight is 321 g/mol. The highest BCUT2D eigenvalue weighted by Crippen LogP contribution is 2.24. The summed E-state index contributed by atoms with van der Waals surface area (Å²) in [4.78, 5) is 14.8. The normalized spacial score (nSPS) is 17.4. The van der Waals surface area contributed by atoms with Gasteiger partial charge in [0.05, 0.1) is 5.56 Å². The van der Waals surface area contributed by atoms with Crippen LogP contribution in [0.15, 0.2) is 48.9 Å². The number of nitrogens with one attached hydrogen (secondary N) is 1. The maximum Gasteiger partial charge on any atom is 0.257 e. The predicted octanol–water partition coefficient (Wildman–Crippen LogP) is 2.83. The second-order valence-corrected chi connectivity index (χ2v) is 6.36. The van der Waals surface area contributed by atoms with Crippen molar-refractivity contribution >= 4 is 22.9 Å². The summed E-state index contributed by atoms with van der Waals surface area (Å²) in [5.74, 6) is 0.602. The Hall–Kier alpha value is -2.89. The largest absolute Gasteiger partial charge is 0.371 e. The Labute approximate surface area is 140 Å². The second-order valence-electron chi connectivity index (χ2n) is 6.36. The molecule has 1 aliphatic rings. The number of rotatable bonds is 3. The predicted molar refractivity (Wildman–Crippen MR) is 93.4 cm³/mol. The van der Waals surface area contributed by atoms with Crippen molar-refractivity contribution in [2.24, 2.45) is 5.92 Å². The summed E-state index contributed by atoms with van der Waals surface area (Å²) in [6.45, 7) is 4.48. The molecule has 1 saturated heterocycles. The van der Waals surface area contributed by atoms with Gasteiger partial charge in [0.2, 0.25) is 0 Å². The molecule has 2 aromatic heterocycles. The Balaban J connectivity index is 1.47. The van der Waals surface area contributed by atoms with E-state index < -0.39 is 0 Å². The number of aromatic nitrogens is 3. The van der Waals surface area contributed by atoms with Gasteiger partial charge in [-0.3, -0.25) is 9.20 Å². The molecule has 0 aliphatic carbocycles. The molecule has 24 heavy (non-hydrogen) atoms. The van der Waals surface area contributed by atoms with Crippen molar-refractivity contribution in [1.82, 2.24) is 14.6 Å². The van der Waals surface area contributed by atoms with Crippen molar-refractivity contribution in [3.63, 3.8) is 0 Å². The van der Waals surface area contributed by atoms with Crippen LogP contribution in [0.25, 0.3) is 5.65 Å². The third-order valence-corrected chi connectivity index (χ3v) is 4.47. The van der Waals surface area contributed by atoms with Crippen molar-refractivity contribution in [3.05, 3.63) is 54.5 Å². The number of carbonyl (C=O) groups is 1. The van der Waals surface area contributed by atoms with E-state index >= 15 is 0 Å². The monoisotopic (exact) mass is 321 g/mol. The van der Waals surface area contributed by atoms with Crippen molar-refractivity contribution < 1.29 is 4.79 Å². The molecule has 122 valence electrons. The SMILES string of the molecule is C[C@H]1CCN(c2ccc(NC(=O)c3ccc4nncn4c3)cc2)C1. The number of anilines is 2. The molecule has 6 heteroatoms. The fourth-order valence-electron chi connectivity index (χ4n) is 3.09. The van der Waals surface area contributed by atoms with Crippen molar-refractivity contribution in [3.8, 4) is 0 Å². The van der Waals surface area contributed by atoms with Crippen LogP contribution in [-0.2, 0) is 0 Å². The fourth-order valence-corrected chi connectivity index (χ4v) is 3.09. The number of fused-ring (bicyclic) bond motifs is 1. The number of hydrogen-bond donors (Lipinski definition) is 1. The highest BCUT2D eigenvalue weighted by Gasteiger charge is 2.18. The number of pyridine rings is 1. The summed E-state index contributed by atoms with van der Waals surface area (Å²) >= 11 is 0. The van der Waals surface area contributed by atoms with Crippen LogP contribution < -0.4 is 10.2 Å². The molecule has 1 N–H and O–H groups in total. The molecule has 0 spiro atoms. The maximum absolute atomic E-state index is 12.4. The van der Waals surface area contributed by atoms with Crippen LogP contribution >= 0.6 is 0 Å². The molecule has 3 aromatic rings. The van der Waals surface area contributed by atoms with E-state index in [4.69, 9.17) is 0 Å². The smallest absolute Gasteiger partial charge is 0.257 e. The number of carbonyl (C=O) groups excluding carboxylic acids is 1. The first-order valence-corrected chi connectivity index (χ1v) is 8.15. The van der Waals surface area contributed by atoms with Crippen molar-refractivity contribution in [1.29, 1.82) is 0 Å². The lowest BCUT2D eigenvalue weighted by atomic mass is 10.2. The topological polar surface area (TPSA) is 62.5 Å². The Kier molecular flexibility index (Phi) is 3.65. The van der Waals surface area contributed by atoms with E-state index in [-0.39, 0.29) is 5.91 Å². The quantitative estimate of drug-likeness (QED) is 0.806. The first-order valence-electron chi connectivity index (χ1n) is 8.15. The lowest BCUT2D eigenvalue weighted by molar-refractivity contribution is 0.102. The van der Waals surface area contributed by atoms with Crippen LogP contribution in [-0.4, -0.2) is 33.6 Å². The number of amides is 1. The summed E-state index contributed by atoms with van der Waals surface area (Å²) in [6, 6.07) is 11.6. The van der Waals surface area contributed by atoms with Gasteiger partial charge >= 0.3 is 0 Å². The first kappa shape index (κ1) is 14.7. The summed E-state index contributed by atoms with van der Waals surface area (Å²) in [7, 11) is 0. The Morgan fingerprint density at radius 1 is 1.21 bits per heavy atom. The molecule has 0 saturated carbocycles. The van der Waals surface area contributed by atoms with Gasteiger partial charge in [-0.05, 0) is 48.7 Å². The summed E-state index contributed by atoms with van der Waals surface area (Å²) in [5, 5.41) is 10.7. The third-order valence-electron chi connectivity index (χ3n) is 4.47. The fraction of sp³-hybridized carbons (Fsp3) is 0.278. The van der Waals surface area contributed by atoms with Gasteiger partial charge in [0.15, 0.2) is 5.65 Å². The molecule has 6 nitrogen and oxygen atoms in total. The Bertz CT molecular complexity index is 871. The molecule has 3 heterocycles. The van der Waals surface area contributed by atoms with Gasteiger partial charge in [-0.2, -0.15) is 0 Å². The molecule has 4 rings (SSSR count). The van der Waals surface area contributed by atoms with Crippen LogP contribution in [0, 0.1) is 5.92 Å². The van der Waals surface area contributed by atoms with Gasteiger partial charge in [0.1, 0.15) is 6.33 Å². The number of hydrogen-bond acceptors (Lipinski definition) is 4. The van der Waals surface area contributed by atoms with Gasteiger partial charge in [0, 0.05) is 30.7 Å². The van der Waals surface area contributed by atoms with E-state index in [0.717, 1.165) is 30.3 Å². The minimum absolute atomic E-state index is 0.145. The van der Waals surface area contributed by atoms with Crippen molar-refractivity contribution in [2.45, 2.75) is 13.3 Å². The molecule has 0 radical (unpaired) electrons. The lowest BCUT2D eigenvalue weighted by Crippen LogP contribution is -2.19. The lowest BCUT2D eigenvalue weighted by Gasteiger charge is -2.18. The van der Waals surface area contributed by atoms with Gasteiger partial charge < -0.3 is 10.2 Å². The molecule has 1 atom stereocenters. The molecular weight excluding hydrogens is 302 g/mol. The zero-order chi connectivity index (χ0) is 16.5. The minimum Gasteiger partial charge on any atom is -0.371 e. The van der Waals surface area contributed by atoms with Gasteiger partial charge in [-0.25, -0.2) is 0 Å². The van der Waals surface area contributed by atoms with Crippen molar-refractivity contribution in [2.75, 3.05) is 23.3 Å². The molecule has 1 amide bonds. The van der Waals surface area contributed by atoms with Gasteiger partial charge in [-0.1, -0.05) is 6.92 Å². The third kappa shape index (κ3) is 2.82. The zero-order valence-electron chi connectivity index (χ0n) is 13.5. The summed E-state index contributed by atoms with van der Waals surface area (Å²) in [6.07, 6.45) is 4.55. The Morgan fingerprint density at radius 2 is 2.04 bits per heavy atom. The number of nitrogens with zero attached hydrogens (tertiary/aromatic N) is 4. The highest BCUT2D eigenvalue weighted by atomic mass is 16.1. The van der Waals surface area contributed by atoms with Crippen LogP contribution in [0.3, 0.4) is 0 Å². The highest BCUT2D eigenvalue weighted by molar-refractivity contribution is 6.04. The Morgan fingerprint density at radius 3 is 2.79 bits per heavy atom. The standard InChI is InChI=1S/C18H19N5O/c1-13-8-9-22(10-13)16-5-3-15(4-6-16)20-18(24)14-2-7-17-21-19-12-23(17)11-14/h2-7,11-13H,8-10H2,1H3,(H,20,24)/t13-/m0/s1. The van der Waals surface area contributed by atoms with Crippen LogP contribution in [0.1, 0.15) is 23.7 Å². The molecule has 1 aromatic carbocycles. The van der Waals surface area contributed by atoms with E-state index in [2.05, 4.69) is 39.5 Å². The van der Waals surface area contributed by atoms with Gasteiger partial charge in [-0.15, -0.1) is 10.2 Å². The average Bonchev–Trinajstić information content (AvgIpc) is 3.23. The molecular formula is C18H19N5O. The molecule has 0 unspecified atom stereocenters. The maximum atomic E-state index is 12.4. The van der Waals surface area contributed by atoms with Gasteiger partial charge in [0.25, 0.3) is 5.91 Å². The molecule has 1 fully saturated rings. The second kappa shape index (κ2) is 5.96. The summed E-state index contributed by atoms with van der Waals surface area (Å²) in [5.41, 5.74) is 3.29. The van der Waals surface area contributed by atoms with E-state index in [1.807, 2.05) is 12.1 Å². The minimum atomic E-state index is -0.145. The molecule has 1 aliphatic heterocycles. The van der Waals surface area contributed by atoms with E-state index in [1.54, 1.807) is 29.1 Å². The first-order chi connectivity index (χ1) is 11.7. The van der Waals surface area contributed by atoms with Crippen LogP contribution in [0.5, 0.6) is 0 Å².